The van der Waals surface area contributed by atoms with Gasteiger partial charge in [-0.1, -0.05) is 24.6 Å². The van der Waals surface area contributed by atoms with E-state index in [1.807, 2.05) is 20.8 Å². The van der Waals surface area contributed by atoms with E-state index in [2.05, 4.69) is 10.6 Å². The smallest absolute Gasteiger partial charge is 0.221 e. The molecule has 0 saturated heterocycles. The first-order valence-corrected chi connectivity index (χ1v) is 7.29. The maximum atomic E-state index is 13.1. The summed E-state index contributed by atoms with van der Waals surface area (Å²) >= 11 is 5.75. The molecule has 1 amide bonds. The van der Waals surface area contributed by atoms with Crippen LogP contribution in [0.1, 0.15) is 45.2 Å². The Morgan fingerprint density at radius 2 is 2.10 bits per heavy atom. The van der Waals surface area contributed by atoms with Gasteiger partial charge < -0.3 is 10.6 Å². The van der Waals surface area contributed by atoms with Crippen LogP contribution in [0.25, 0.3) is 0 Å². The van der Waals surface area contributed by atoms with Gasteiger partial charge in [-0.15, -0.1) is 0 Å². The highest BCUT2D eigenvalue weighted by Crippen LogP contribution is 2.20. The number of carbonyl (C=O) groups excluding carboxylic acids is 1. The first-order chi connectivity index (χ1) is 9.43. The van der Waals surface area contributed by atoms with Gasteiger partial charge in [-0.05, 0) is 38.0 Å². The number of hydrogen-bond donors (Lipinski definition) is 2. The van der Waals surface area contributed by atoms with E-state index < -0.39 is 5.82 Å². The summed E-state index contributed by atoms with van der Waals surface area (Å²) in [5.41, 5.74) is 0.902. The van der Waals surface area contributed by atoms with Crippen LogP contribution in [0, 0.1) is 5.82 Å². The number of nitrogens with one attached hydrogen (secondary N) is 2. The van der Waals surface area contributed by atoms with Crippen LogP contribution in [0.2, 0.25) is 5.02 Å². The molecule has 0 fully saturated rings. The van der Waals surface area contributed by atoms with Crippen LogP contribution in [0.15, 0.2) is 18.2 Å². The van der Waals surface area contributed by atoms with Crippen molar-refractivity contribution in [3.63, 3.8) is 0 Å². The minimum absolute atomic E-state index is 0.0181. The van der Waals surface area contributed by atoms with E-state index in [1.54, 1.807) is 12.1 Å². The summed E-state index contributed by atoms with van der Waals surface area (Å²) in [5, 5.41) is 6.25. The largest absolute Gasteiger partial charge is 0.354 e. The second-order valence-electron chi connectivity index (χ2n) is 4.98. The van der Waals surface area contributed by atoms with Crippen LogP contribution in [-0.2, 0) is 4.79 Å². The molecule has 5 heteroatoms. The SMILES string of the molecule is CCC(C)NC(=O)CCNC(C)c1ccc(F)c(Cl)c1. The lowest BCUT2D eigenvalue weighted by atomic mass is 10.1. The van der Waals surface area contributed by atoms with Crippen molar-refractivity contribution in [2.75, 3.05) is 6.54 Å². The second-order valence-corrected chi connectivity index (χ2v) is 5.38. The molecule has 0 spiro atoms. The Labute approximate surface area is 124 Å². The highest BCUT2D eigenvalue weighted by atomic mass is 35.5. The molecule has 0 saturated carbocycles. The number of rotatable bonds is 7. The van der Waals surface area contributed by atoms with Crippen LogP contribution >= 0.6 is 11.6 Å². The molecule has 0 aliphatic rings. The molecule has 0 radical (unpaired) electrons. The van der Waals surface area contributed by atoms with Crippen molar-refractivity contribution < 1.29 is 9.18 Å². The van der Waals surface area contributed by atoms with E-state index in [1.165, 1.54) is 6.07 Å². The predicted octanol–water partition coefficient (Wildman–Crippen LogP) is 3.43. The Morgan fingerprint density at radius 1 is 1.40 bits per heavy atom. The standard InChI is InChI=1S/C15H22ClFN2O/c1-4-10(2)19-15(20)7-8-18-11(3)12-5-6-14(17)13(16)9-12/h5-6,9-11,18H,4,7-8H2,1-3H3,(H,19,20). The Bertz CT molecular complexity index is 453. The average Bonchev–Trinajstić information content (AvgIpc) is 2.41. The molecule has 1 rings (SSSR count). The molecule has 3 nitrogen and oxygen atoms in total. The van der Waals surface area contributed by atoms with Gasteiger partial charge in [-0.25, -0.2) is 4.39 Å². The van der Waals surface area contributed by atoms with E-state index in [9.17, 15) is 9.18 Å². The Balaban J connectivity index is 2.38. The van der Waals surface area contributed by atoms with E-state index in [0.29, 0.717) is 13.0 Å². The number of carbonyl (C=O) groups is 1. The third kappa shape index (κ3) is 5.47. The second kappa shape index (κ2) is 8.22. The van der Waals surface area contributed by atoms with Crippen LogP contribution in [0.3, 0.4) is 0 Å². The first-order valence-electron chi connectivity index (χ1n) is 6.91. The zero-order valence-corrected chi connectivity index (χ0v) is 12.9. The van der Waals surface area contributed by atoms with Gasteiger partial charge in [-0.3, -0.25) is 4.79 Å². The number of hydrogen-bond acceptors (Lipinski definition) is 2. The maximum absolute atomic E-state index is 13.1. The Morgan fingerprint density at radius 3 is 2.70 bits per heavy atom. The fourth-order valence-electron chi connectivity index (χ4n) is 1.75. The quantitative estimate of drug-likeness (QED) is 0.810. The predicted molar refractivity (Wildman–Crippen MR) is 80.3 cm³/mol. The molecule has 2 N–H and O–H groups in total. The average molecular weight is 301 g/mol. The number of benzene rings is 1. The van der Waals surface area contributed by atoms with Crippen molar-refractivity contribution >= 4 is 17.5 Å². The van der Waals surface area contributed by atoms with Crippen LogP contribution < -0.4 is 10.6 Å². The zero-order valence-electron chi connectivity index (χ0n) is 12.2. The lowest BCUT2D eigenvalue weighted by Crippen LogP contribution is -2.34. The van der Waals surface area contributed by atoms with Gasteiger partial charge >= 0.3 is 0 Å². The minimum atomic E-state index is -0.421. The van der Waals surface area contributed by atoms with Crippen LogP contribution in [0.4, 0.5) is 4.39 Å². The van der Waals surface area contributed by atoms with Gasteiger partial charge in [0, 0.05) is 25.0 Å². The molecule has 0 aliphatic heterocycles. The lowest BCUT2D eigenvalue weighted by Gasteiger charge is -2.15. The van der Waals surface area contributed by atoms with Gasteiger partial charge in [0.2, 0.25) is 5.91 Å². The highest BCUT2D eigenvalue weighted by Gasteiger charge is 2.09. The third-order valence-electron chi connectivity index (χ3n) is 3.27. The summed E-state index contributed by atoms with van der Waals surface area (Å²) < 4.78 is 13.1. The summed E-state index contributed by atoms with van der Waals surface area (Å²) in [7, 11) is 0. The van der Waals surface area contributed by atoms with Gasteiger partial charge in [-0.2, -0.15) is 0 Å². The lowest BCUT2D eigenvalue weighted by molar-refractivity contribution is -0.121. The van der Waals surface area contributed by atoms with Crippen molar-refractivity contribution in [1.29, 1.82) is 0 Å². The summed E-state index contributed by atoms with van der Waals surface area (Å²) in [6.45, 7) is 6.53. The van der Waals surface area contributed by atoms with E-state index >= 15 is 0 Å². The summed E-state index contributed by atoms with van der Waals surface area (Å²) in [4.78, 5) is 11.6. The monoisotopic (exact) mass is 300 g/mol. The molecule has 0 heterocycles. The van der Waals surface area contributed by atoms with E-state index in [0.717, 1.165) is 12.0 Å². The van der Waals surface area contributed by atoms with Crippen molar-refractivity contribution in [3.8, 4) is 0 Å². The summed E-state index contributed by atoms with van der Waals surface area (Å²) in [5.74, 6) is -0.383. The minimum Gasteiger partial charge on any atom is -0.354 e. The molecule has 0 aromatic heterocycles. The fourth-order valence-corrected chi connectivity index (χ4v) is 1.94. The molecule has 2 atom stereocenters. The van der Waals surface area contributed by atoms with Crippen molar-refractivity contribution in [3.05, 3.63) is 34.6 Å². The van der Waals surface area contributed by atoms with E-state index in [-0.39, 0.29) is 23.0 Å². The van der Waals surface area contributed by atoms with Gasteiger partial charge in [0.05, 0.1) is 5.02 Å². The van der Waals surface area contributed by atoms with Crippen molar-refractivity contribution in [2.45, 2.75) is 45.7 Å². The molecular formula is C15H22ClFN2O. The molecule has 112 valence electrons. The summed E-state index contributed by atoms with van der Waals surface area (Å²) in [6, 6.07) is 4.87. The normalized spacial score (nSPS) is 13.8. The highest BCUT2D eigenvalue weighted by molar-refractivity contribution is 6.30. The topological polar surface area (TPSA) is 41.1 Å². The third-order valence-corrected chi connectivity index (χ3v) is 3.56. The molecule has 0 bridgehead atoms. The van der Waals surface area contributed by atoms with Crippen molar-refractivity contribution in [1.82, 2.24) is 10.6 Å². The fraction of sp³-hybridized carbons (Fsp3) is 0.533. The van der Waals surface area contributed by atoms with Gasteiger partial charge in [0.1, 0.15) is 5.82 Å². The van der Waals surface area contributed by atoms with E-state index in [4.69, 9.17) is 11.6 Å². The molecule has 1 aromatic rings. The Kier molecular flexibility index (Phi) is 6.96. The first kappa shape index (κ1) is 16.9. The van der Waals surface area contributed by atoms with Crippen molar-refractivity contribution in [2.24, 2.45) is 0 Å². The van der Waals surface area contributed by atoms with Crippen LogP contribution in [-0.4, -0.2) is 18.5 Å². The number of amides is 1. The Hall–Kier alpha value is -1.13. The maximum Gasteiger partial charge on any atom is 0.221 e. The van der Waals surface area contributed by atoms with Gasteiger partial charge in [0.15, 0.2) is 0 Å². The van der Waals surface area contributed by atoms with Crippen LogP contribution in [0.5, 0.6) is 0 Å². The molecule has 20 heavy (non-hydrogen) atoms. The number of halogens is 2. The molecule has 1 aromatic carbocycles. The summed E-state index contributed by atoms with van der Waals surface area (Å²) in [6.07, 6.45) is 1.34. The van der Waals surface area contributed by atoms with Gasteiger partial charge in [0.25, 0.3) is 0 Å². The zero-order chi connectivity index (χ0) is 15.1. The molecular weight excluding hydrogens is 279 g/mol. The molecule has 0 aliphatic carbocycles. The molecule has 2 unspecified atom stereocenters.